The molecule has 4 heteroatoms. The molecule has 0 aliphatic carbocycles. The molecule has 0 aromatic carbocycles. The summed E-state index contributed by atoms with van der Waals surface area (Å²) in [6.45, 7) is 2.02. The Morgan fingerprint density at radius 2 is 2.33 bits per heavy atom. The zero-order chi connectivity index (χ0) is 8.55. The van der Waals surface area contributed by atoms with Crippen molar-refractivity contribution in [3.8, 4) is 0 Å². The number of fused-ring (bicyclic) bond motifs is 1. The minimum atomic E-state index is 0.597. The van der Waals surface area contributed by atoms with Gasteiger partial charge in [0.1, 0.15) is 5.15 Å². The summed E-state index contributed by atoms with van der Waals surface area (Å²) in [4.78, 5) is 4.26. The molecule has 0 aliphatic rings. The van der Waals surface area contributed by atoms with Gasteiger partial charge in [0.05, 0.1) is 0 Å². The summed E-state index contributed by atoms with van der Waals surface area (Å²) < 4.78 is 1.64. The Labute approximate surface area is 75.0 Å². The van der Waals surface area contributed by atoms with Crippen LogP contribution in [0.15, 0.2) is 18.2 Å². The smallest absolute Gasteiger partial charge is 0.157 e. The maximum Gasteiger partial charge on any atom is 0.157 e. The average molecular weight is 182 g/mol. The third-order valence-corrected chi connectivity index (χ3v) is 1.96. The Morgan fingerprint density at radius 3 is 3.00 bits per heavy atom. The minimum Gasteiger partial charge on any atom is -0.212 e. The van der Waals surface area contributed by atoms with Crippen LogP contribution >= 0.6 is 11.6 Å². The molecule has 0 radical (unpaired) electrons. The Morgan fingerprint density at radius 1 is 1.50 bits per heavy atom. The van der Waals surface area contributed by atoms with Crippen LogP contribution in [0.2, 0.25) is 5.15 Å². The summed E-state index contributed by atoms with van der Waals surface area (Å²) in [5, 5.41) is 4.80. The zero-order valence-corrected chi connectivity index (χ0v) is 7.41. The van der Waals surface area contributed by atoms with Gasteiger partial charge in [0, 0.05) is 6.42 Å². The molecule has 12 heavy (non-hydrogen) atoms. The molecule has 2 aromatic heterocycles. The Bertz CT molecular complexity index is 408. The van der Waals surface area contributed by atoms with E-state index in [-0.39, 0.29) is 0 Å². The summed E-state index contributed by atoms with van der Waals surface area (Å²) in [7, 11) is 0. The molecule has 0 atom stereocenters. The molecule has 0 aliphatic heterocycles. The predicted octanol–water partition coefficient (Wildman–Crippen LogP) is 1.95. The summed E-state index contributed by atoms with van der Waals surface area (Å²) in [5.74, 6) is 0.822. The van der Waals surface area contributed by atoms with Gasteiger partial charge in [-0.3, -0.25) is 0 Å². The first kappa shape index (κ1) is 7.55. The Kier molecular flexibility index (Phi) is 1.73. The summed E-state index contributed by atoms with van der Waals surface area (Å²) in [5.41, 5.74) is 0.805. The van der Waals surface area contributed by atoms with Gasteiger partial charge in [-0.2, -0.15) is 0 Å². The van der Waals surface area contributed by atoms with Gasteiger partial charge in [-0.25, -0.2) is 9.50 Å². The molecule has 2 aromatic rings. The van der Waals surface area contributed by atoms with E-state index in [1.165, 1.54) is 0 Å². The van der Waals surface area contributed by atoms with E-state index >= 15 is 0 Å². The van der Waals surface area contributed by atoms with E-state index in [9.17, 15) is 0 Å². The fourth-order valence-electron chi connectivity index (χ4n) is 1.07. The van der Waals surface area contributed by atoms with Crippen molar-refractivity contribution in [2.45, 2.75) is 13.3 Å². The van der Waals surface area contributed by atoms with Crippen molar-refractivity contribution in [1.82, 2.24) is 14.6 Å². The van der Waals surface area contributed by atoms with Gasteiger partial charge in [-0.1, -0.05) is 24.6 Å². The number of rotatable bonds is 1. The maximum atomic E-state index is 5.89. The maximum absolute atomic E-state index is 5.89. The van der Waals surface area contributed by atoms with Crippen LogP contribution in [-0.4, -0.2) is 14.6 Å². The topological polar surface area (TPSA) is 30.2 Å². The van der Waals surface area contributed by atoms with E-state index in [0.717, 1.165) is 17.9 Å². The standard InChI is InChI=1S/C8H8ClN3/c1-2-7-10-8-5-3-4-6(9)12(8)11-7/h3-5H,2H2,1H3. The highest BCUT2D eigenvalue weighted by Crippen LogP contribution is 2.10. The summed E-state index contributed by atoms with van der Waals surface area (Å²) >= 11 is 5.89. The fourth-order valence-corrected chi connectivity index (χ4v) is 1.26. The highest BCUT2D eigenvalue weighted by Gasteiger charge is 2.02. The number of halogens is 1. The van der Waals surface area contributed by atoms with E-state index in [1.54, 1.807) is 10.6 Å². The molecule has 0 N–H and O–H groups in total. The fraction of sp³-hybridized carbons (Fsp3) is 0.250. The lowest BCUT2D eigenvalue weighted by molar-refractivity contribution is 0.886. The Balaban J connectivity index is 2.74. The molecule has 2 rings (SSSR count). The van der Waals surface area contributed by atoms with Crippen LogP contribution < -0.4 is 0 Å². The molecular weight excluding hydrogens is 174 g/mol. The molecule has 2 heterocycles. The third kappa shape index (κ3) is 1.06. The molecule has 3 nitrogen and oxygen atoms in total. The number of aromatic nitrogens is 3. The lowest BCUT2D eigenvalue weighted by Crippen LogP contribution is -1.88. The second-order valence-electron chi connectivity index (χ2n) is 2.50. The first-order valence-electron chi connectivity index (χ1n) is 3.81. The lowest BCUT2D eigenvalue weighted by Gasteiger charge is -1.91. The number of hydrogen-bond acceptors (Lipinski definition) is 2. The van der Waals surface area contributed by atoms with E-state index in [0.29, 0.717) is 5.15 Å². The molecule has 0 unspecified atom stereocenters. The molecule has 0 bridgehead atoms. The SMILES string of the molecule is CCc1nc2cccc(Cl)n2n1. The monoisotopic (exact) mass is 181 g/mol. The van der Waals surface area contributed by atoms with Crippen molar-refractivity contribution in [3.63, 3.8) is 0 Å². The molecular formula is C8H8ClN3. The van der Waals surface area contributed by atoms with Gasteiger partial charge >= 0.3 is 0 Å². The van der Waals surface area contributed by atoms with Gasteiger partial charge in [-0.05, 0) is 12.1 Å². The number of pyridine rings is 1. The second-order valence-corrected chi connectivity index (χ2v) is 2.89. The predicted molar refractivity (Wildman–Crippen MR) is 47.4 cm³/mol. The van der Waals surface area contributed by atoms with E-state index in [4.69, 9.17) is 11.6 Å². The van der Waals surface area contributed by atoms with E-state index in [1.807, 2.05) is 19.1 Å². The van der Waals surface area contributed by atoms with Crippen LogP contribution in [0, 0.1) is 0 Å². The van der Waals surface area contributed by atoms with Gasteiger partial charge in [-0.15, -0.1) is 5.10 Å². The van der Waals surface area contributed by atoms with Crippen molar-refractivity contribution < 1.29 is 0 Å². The third-order valence-electron chi connectivity index (χ3n) is 1.67. The number of hydrogen-bond donors (Lipinski definition) is 0. The normalized spacial score (nSPS) is 10.8. The highest BCUT2D eigenvalue weighted by molar-refractivity contribution is 6.29. The first-order chi connectivity index (χ1) is 5.81. The van der Waals surface area contributed by atoms with Crippen molar-refractivity contribution >= 4 is 17.2 Å². The van der Waals surface area contributed by atoms with E-state index < -0.39 is 0 Å². The summed E-state index contributed by atoms with van der Waals surface area (Å²) in [6, 6.07) is 5.55. The van der Waals surface area contributed by atoms with Crippen LogP contribution in [0.25, 0.3) is 5.65 Å². The molecule has 0 spiro atoms. The van der Waals surface area contributed by atoms with Crippen molar-refractivity contribution in [3.05, 3.63) is 29.2 Å². The minimum absolute atomic E-state index is 0.597. The van der Waals surface area contributed by atoms with Crippen LogP contribution in [-0.2, 0) is 6.42 Å². The van der Waals surface area contributed by atoms with Gasteiger partial charge in [0.25, 0.3) is 0 Å². The van der Waals surface area contributed by atoms with Crippen LogP contribution in [0.4, 0.5) is 0 Å². The average Bonchev–Trinajstić information content (AvgIpc) is 2.49. The highest BCUT2D eigenvalue weighted by atomic mass is 35.5. The molecule has 0 saturated heterocycles. The first-order valence-corrected chi connectivity index (χ1v) is 4.19. The van der Waals surface area contributed by atoms with Gasteiger partial charge in [0.2, 0.25) is 0 Å². The van der Waals surface area contributed by atoms with Crippen LogP contribution in [0.1, 0.15) is 12.7 Å². The van der Waals surface area contributed by atoms with Gasteiger partial charge < -0.3 is 0 Å². The molecule has 0 saturated carbocycles. The van der Waals surface area contributed by atoms with Crippen molar-refractivity contribution in [2.75, 3.05) is 0 Å². The van der Waals surface area contributed by atoms with Crippen molar-refractivity contribution in [2.24, 2.45) is 0 Å². The van der Waals surface area contributed by atoms with Crippen molar-refractivity contribution in [1.29, 1.82) is 0 Å². The quantitative estimate of drug-likeness (QED) is 0.630. The van der Waals surface area contributed by atoms with Crippen LogP contribution in [0.3, 0.4) is 0 Å². The van der Waals surface area contributed by atoms with Gasteiger partial charge in [0.15, 0.2) is 11.5 Å². The summed E-state index contributed by atoms with van der Waals surface area (Å²) in [6.07, 6.45) is 0.831. The number of aryl methyl sites for hydroxylation is 1. The zero-order valence-electron chi connectivity index (χ0n) is 6.66. The molecule has 0 amide bonds. The number of nitrogens with zero attached hydrogens (tertiary/aromatic N) is 3. The largest absolute Gasteiger partial charge is 0.212 e. The molecule has 62 valence electrons. The van der Waals surface area contributed by atoms with Crippen LogP contribution in [0.5, 0.6) is 0 Å². The lowest BCUT2D eigenvalue weighted by atomic mass is 10.5. The van der Waals surface area contributed by atoms with E-state index in [2.05, 4.69) is 10.1 Å². The Hall–Kier alpha value is -1.09. The molecule has 0 fully saturated rings. The second kappa shape index (κ2) is 2.75.